The molecule has 3 rings (SSSR count). The van der Waals surface area contributed by atoms with E-state index in [0.717, 1.165) is 25.9 Å². The van der Waals surface area contributed by atoms with Crippen LogP contribution in [-0.4, -0.2) is 28.1 Å². The highest BCUT2D eigenvalue weighted by atomic mass is 16.7. The van der Waals surface area contributed by atoms with E-state index in [9.17, 15) is 10.1 Å². The van der Waals surface area contributed by atoms with Crippen LogP contribution in [0.25, 0.3) is 10.8 Å². The van der Waals surface area contributed by atoms with Crippen molar-refractivity contribution in [1.82, 2.24) is 10.0 Å². The van der Waals surface area contributed by atoms with Gasteiger partial charge < -0.3 is 4.84 Å². The average molecular weight is 273 g/mol. The van der Waals surface area contributed by atoms with Gasteiger partial charge in [-0.05, 0) is 25.0 Å². The highest BCUT2D eigenvalue weighted by molar-refractivity contribution is 5.93. The number of nitro groups is 1. The highest BCUT2D eigenvalue weighted by Gasteiger charge is 2.19. The number of fused-ring (bicyclic) bond motifs is 1. The molecular weight excluding hydrogens is 258 g/mol. The molecule has 1 aliphatic rings. The summed E-state index contributed by atoms with van der Waals surface area (Å²) in [5.41, 5.74) is 0.00611. The van der Waals surface area contributed by atoms with Gasteiger partial charge in [0.05, 0.1) is 15.7 Å². The lowest BCUT2D eigenvalue weighted by Crippen LogP contribution is -2.33. The van der Waals surface area contributed by atoms with Crippen LogP contribution in [0.5, 0.6) is 5.88 Å². The van der Waals surface area contributed by atoms with E-state index in [1.807, 2.05) is 11.1 Å². The van der Waals surface area contributed by atoms with Crippen LogP contribution >= 0.6 is 0 Å². The molecule has 6 heteroatoms. The fourth-order valence-corrected chi connectivity index (χ4v) is 2.45. The molecule has 0 unspecified atom stereocenters. The SMILES string of the molecule is O=[N+]([O-])c1cnc(ON2CCCCC2)c2ccccc12. The van der Waals surface area contributed by atoms with Gasteiger partial charge in [0, 0.05) is 13.1 Å². The summed E-state index contributed by atoms with van der Waals surface area (Å²) in [6.45, 7) is 1.74. The quantitative estimate of drug-likeness (QED) is 0.635. The van der Waals surface area contributed by atoms with Crippen molar-refractivity contribution in [2.45, 2.75) is 19.3 Å². The van der Waals surface area contributed by atoms with E-state index >= 15 is 0 Å². The first-order chi connectivity index (χ1) is 9.75. The third kappa shape index (κ3) is 2.42. The number of aromatic nitrogens is 1. The Morgan fingerprint density at radius 3 is 2.55 bits per heavy atom. The maximum absolute atomic E-state index is 11.0. The molecule has 1 fully saturated rings. The monoisotopic (exact) mass is 273 g/mol. The summed E-state index contributed by atoms with van der Waals surface area (Å²) < 4.78 is 0. The molecule has 2 aromatic rings. The standard InChI is InChI=1S/C14H15N3O3/c18-17(19)13-10-15-14(12-7-3-2-6-11(12)13)20-16-8-4-1-5-9-16/h2-3,6-7,10H,1,4-5,8-9H2. The number of nitrogens with zero attached hydrogens (tertiary/aromatic N) is 3. The number of hydrogen-bond donors (Lipinski definition) is 0. The summed E-state index contributed by atoms with van der Waals surface area (Å²) in [6.07, 6.45) is 4.69. The van der Waals surface area contributed by atoms with Gasteiger partial charge in [-0.25, -0.2) is 4.98 Å². The van der Waals surface area contributed by atoms with Gasteiger partial charge in [-0.1, -0.05) is 18.6 Å². The van der Waals surface area contributed by atoms with Gasteiger partial charge in [0.25, 0.3) is 5.69 Å². The second-order valence-corrected chi connectivity index (χ2v) is 4.83. The van der Waals surface area contributed by atoms with Crippen LogP contribution in [0.15, 0.2) is 30.5 Å². The summed E-state index contributed by atoms with van der Waals surface area (Å²) in [5, 5.41) is 14.1. The molecule has 0 atom stereocenters. The normalized spacial score (nSPS) is 16.2. The number of benzene rings is 1. The molecule has 20 heavy (non-hydrogen) atoms. The molecule has 0 spiro atoms. The zero-order valence-electron chi connectivity index (χ0n) is 11.0. The minimum Gasteiger partial charge on any atom is -0.385 e. The van der Waals surface area contributed by atoms with Crippen molar-refractivity contribution in [3.8, 4) is 5.88 Å². The second kappa shape index (κ2) is 5.42. The minimum absolute atomic E-state index is 0.00611. The topological polar surface area (TPSA) is 68.5 Å². The Bertz CT molecular complexity index is 639. The van der Waals surface area contributed by atoms with Crippen molar-refractivity contribution in [2.24, 2.45) is 0 Å². The Kier molecular flexibility index (Phi) is 3.47. The Morgan fingerprint density at radius 2 is 1.85 bits per heavy atom. The maximum atomic E-state index is 11.0. The van der Waals surface area contributed by atoms with Gasteiger partial charge in [0.1, 0.15) is 6.20 Å². The number of hydrogen-bond acceptors (Lipinski definition) is 5. The van der Waals surface area contributed by atoms with Crippen molar-refractivity contribution < 1.29 is 9.76 Å². The lowest BCUT2D eigenvalue weighted by molar-refractivity contribution is -0.383. The van der Waals surface area contributed by atoms with Crippen LogP contribution in [0.3, 0.4) is 0 Å². The van der Waals surface area contributed by atoms with Gasteiger partial charge in [-0.3, -0.25) is 10.1 Å². The number of hydroxylamine groups is 2. The van der Waals surface area contributed by atoms with Gasteiger partial charge in [0.2, 0.25) is 5.88 Å². The summed E-state index contributed by atoms with van der Waals surface area (Å²) in [6, 6.07) is 7.13. The summed E-state index contributed by atoms with van der Waals surface area (Å²) in [5.74, 6) is 0.438. The van der Waals surface area contributed by atoms with Crippen molar-refractivity contribution in [3.63, 3.8) is 0 Å². The van der Waals surface area contributed by atoms with Crippen molar-refractivity contribution in [2.75, 3.05) is 13.1 Å². The second-order valence-electron chi connectivity index (χ2n) is 4.83. The van der Waals surface area contributed by atoms with E-state index in [-0.39, 0.29) is 5.69 Å². The first kappa shape index (κ1) is 12.8. The van der Waals surface area contributed by atoms with Gasteiger partial charge >= 0.3 is 0 Å². The number of rotatable bonds is 3. The van der Waals surface area contributed by atoms with E-state index in [2.05, 4.69) is 4.98 Å². The molecule has 0 aliphatic carbocycles. The molecule has 1 aromatic heterocycles. The van der Waals surface area contributed by atoms with Crippen LogP contribution in [0.2, 0.25) is 0 Å². The molecule has 6 nitrogen and oxygen atoms in total. The lowest BCUT2D eigenvalue weighted by atomic mass is 10.1. The van der Waals surface area contributed by atoms with E-state index < -0.39 is 4.92 Å². The Labute approximate surface area is 116 Å². The molecule has 2 heterocycles. The summed E-state index contributed by atoms with van der Waals surface area (Å²) in [7, 11) is 0. The van der Waals surface area contributed by atoms with E-state index in [4.69, 9.17) is 4.84 Å². The van der Waals surface area contributed by atoms with E-state index in [1.54, 1.807) is 18.2 Å². The highest BCUT2D eigenvalue weighted by Crippen LogP contribution is 2.31. The van der Waals surface area contributed by atoms with Crippen LogP contribution in [0.4, 0.5) is 5.69 Å². The summed E-state index contributed by atoms with van der Waals surface area (Å²) in [4.78, 5) is 20.5. The number of piperidine rings is 1. The lowest BCUT2D eigenvalue weighted by Gasteiger charge is -2.25. The summed E-state index contributed by atoms with van der Waals surface area (Å²) >= 11 is 0. The first-order valence-corrected chi connectivity index (χ1v) is 6.71. The molecule has 0 radical (unpaired) electrons. The molecule has 0 saturated carbocycles. The molecule has 1 aliphatic heterocycles. The Morgan fingerprint density at radius 1 is 1.15 bits per heavy atom. The van der Waals surface area contributed by atoms with Crippen LogP contribution < -0.4 is 4.84 Å². The largest absolute Gasteiger partial charge is 0.385 e. The molecule has 0 bridgehead atoms. The number of pyridine rings is 1. The fraction of sp³-hybridized carbons (Fsp3) is 0.357. The third-order valence-corrected chi connectivity index (χ3v) is 3.46. The van der Waals surface area contributed by atoms with Gasteiger partial charge in [-0.15, -0.1) is 5.06 Å². The van der Waals surface area contributed by atoms with Crippen molar-refractivity contribution in [1.29, 1.82) is 0 Å². The Hall–Kier alpha value is -2.21. The fourth-order valence-electron chi connectivity index (χ4n) is 2.45. The molecule has 104 valence electrons. The molecule has 1 aromatic carbocycles. The smallest absolute Gasteiger partial charge is 0.295 e. The molecular formula is C14H15N3O3. The van der Waals surface area contributed by atoms with Crippen LogP contribution in [-0.2, 0) is 0 Å². The third-order valence-electron chi connectivity index (χ3n) is 3.46. The predicted octanol–water partition coefficient (Wildman–Crippen LogP) is 2.92. The van der Waals surface area contributed by atoms with E-state index in [1.165, 1.54) is 12.6 Å². The zero-order valence-corrected chi connectivity index (χ0v) is 11.0. The maximum Gasteiger partial charge on any atom is 0.295 e. The van der Waals surface area contributed by atoms with Crippen LogP contribution in [0.1, 0.15) is 19.3 Å². The van der Waals surface area contributed by atoms with Gasteiger partial charge in [-0.2, -0.15) is 0 Å². The molecule has 1 saturated heterocycles. The first-order valence-electron chi connectivity index (χ1n) is 6.71. The average Bonchev–Trinajstić information content (AvgIpc) is 2.48. The Balaban J connectivity index is 1.99. The molecule has 0 amide bonds. The van der Waals surface area contributed by atoms with Crippen LogP contribution in [0, 0.1) is 10.1 Å². The zero-order chi connectivity index (χ0) is 13.9. The van der Waals surface area contributed by atoms with E-state index in [0.29, 0.717) is 16.7 Å². The molecule has 0 N–H and O–H groups in total. The predicted molar refractivity (Wildman–Crippen MR) is 74.4 cm³/mol. The van der Waals surface area contributed by atoms with Crippen molar-refractivity contribution in [3.05, 3.63) is 40.6 Å². The van der Waals surface area contributed by atoms with Crippen molar-refractivity contribution >= 4 is 16.5 Å². The van der Waals surface area contributed by atoms with Gasteiger partial charge in [0.15, 0.2) is 0 Å². The minimum atomic E-state index is -0.417.